The Bertz CT molecular complexity index is 292. The van der Waals surface area contributed by atoms with Crippen LogP contribution in [0.2, 0.25) is 0 Å². The minimum atomic E-state index is 0.533. The largest absolute Gasteiger partial charge is 0.312 e. The van der Waals surface area contributed by atoms with E-state index in [1.54, 1.807) is 6.20 Å². The fourth-order valence-electron chi connectivity index (χ4n) is 2.35. The lowest BCUT2D eigenvalue weighted by Crippen LogP contribution is -2.30. The molecule has 1 heterocycles. The molecule has 1 aromatic heterocycles. The minimum absolute atomic E-state index is 0.533. The molecule has 0 aliphatic heterocycles. The third-order valence-corrected chi connectivity index (χ3v) is 3.21. The molecule has 0 radical (unpaired) electrons. The van der Waals surface area contributed by atoms with Crippen LogP contribution in [0.4, 0.5) is 0 Å². The molecule has 84 valence electrons. The summed E-state index contributed by atoms with van der Waals surface area (Å²) >= 11 is 0. The zero-order valence-electron chi connectivity index (χ0n) is 9.61. The molecule has 0 amide bonds. The van der Waals surface area contributed by atoms with Crippen molar-refractivity contribution in [2.75, 3.05) is 6.54 Å². The van der Waals surface area contributed by atoms with Crippen LogP contribution < -0.4 is 5.32 Å². The third kappa shape index (κ3) is 3.02. The Hall–Kier alpha value is -0.900. The predicted molar refractivity (Wildman–Crippen MR) is 59.4 cm³/mol. The van der Waals surface area contributed by atoms with Gasteiger partial charge in [-0.15, -0.1) is 5.10 Å². The van der Waals surface area contributed by atoms with Gasteiger partial charge >= 0.3 is 0 Å². The molecular formula is C11H20N4. The second-order valence-corrected chi connectivity index (χ2v) is 5.22. The molecule has 0 spiro atoms. The van der Waals surface area contributed by atoms with Crippen molar-refractivity contribution in [3.63, 3.8) is 0 Å². The summed E-state index contributed by atoms with van der Waals surface area (Å²) in [6.45, 7) is 6.61. The van der Waals surface area contributed by atoms with E-state index < -0.39 is 0 Å². The van der Waals surface area contributed by atoms with E-state index in [-0.39, 0.29) is 0 Å². The summed E-state index contributed by atoms with van der Waals surface area (Å²) in [5.41, 5.74) is 0.533. The lowest BCUT2D eigenvalue weighted by Gasteiger charge is -2.17. The van der Waals surface area contributed by atoms with Gasteiger partial charge in [-0.1, -0.05) is 19.1 Å². The number of hydrogen-bond acceptors (Lipinski definition) is 3. The van der Waals surface area contributed by atoms with Gasteiger partial charge in [-0.25, -0.2) is 0 Å². The number of rotatable bonds is 4. The van der Waals surface area contributed by atoms with E-state index >= 15 is 0 Å². The summed E-state index contributed by atoms with van der Waals surface area (Å²) in [4.78, 5) is 0. The first-order valence-corrected chi connectivity index (χ1v) is 5.73. The second kappa shape index (κ2) is 4.31. The highest BCUT2D eigenvalue weighted by Gasteiger charge is 2.30. The van der Waals surface area contributed by atoms with Crippen LogP contribution in [0.15, 0.2) is 12.4 Å². The Balaban J connectivity index is 1.67. The van der Waals surface area contributed by atoms with E-state index in [0.717, 1.165) is 13.1 Å². The zero-order valence-corrected chi connectivity index (χ0v) is 9.61. The minimum Gasteiger partial charge on any atom is -0.312 e. The van der Waals surface area contributed by atoms with Gasteiger partial charge in [0.1, 0.15) is 0 Å². The molecule has 4 heteroatoms. The van der Waals surface area contributed by atoms with Crippen LogP contribution in [0.1, 0.15) is 33.1 Å². The SMILES string of the molecule is CC1(C)CCC(NCCn2ccnn2)C1. The van der Waals surface area contributed by atoms with Gasteiger partial charge in [0.25, 0.3) is 0 Å². The first-order chi connectivity index (χ1) is 7.16. The fraction of sp³-hybridized carbons (Fsp3) is 0.818. The first-order valence-electron chi connectivity index (χ1n) is 5.73. The second-order valence-electron chi connectivity index (χ2n) is 5.22. The monoisotopic (exact) mass is 208 g/mol. The molecule has 4 nitrogen and oxygen atoms in total. The zero-order chi connectivity index (χ0) is 10.7. The van der Waals surface area contributed by atoms with Crippen molar-refractivity contribution in [1.29, 1.82) is 0 Å². The van der Waals surface area contributed by atoms with Crippen molar-refractivity contribution in [2.45, 2.75) is 45.7 Å². The van der Waals surface area contributed by atoms with Gasteiger partial charge in [0.2, 0.25) is 0 Å². The van der Waals surface area contributed by atoms with Crippen LogP contribution in [0, 0.1) is 5.41 Å². The molecule has 1 fully saturated rings. The van der Waals surface area contributed by atoms with E-state index in [1.165, 1.54) is 19.3 Å². The Kier molecular flexibility index (Phi) is 3.05. The molecular weight excluding hydrogens is 188 g/mol. The highest BCUT2D eigenvalue weighted by atomic mass is 15.4. The highest BCUT2D eigenvalue weighted by Crippen LogP contribution is 2.36. The smallest absolute Gasteiger partial charge is 0.0692 e. The molecule has 1 atom stereocenters. The summed E-state index contributed by atoms with van der Waals surface area (Å²) in [5, 5.41) is 11.3. The predicted octanol–water partition coefficient (Wildman–Crippen LogP) is 1.45. The first kappa shape index (κ1) is 10.6. The van der Waals surface area contributed by atoms with Crippen LogP contribution in [-0.2, 0) is 6.54 Å². The van der Waals surface area contributed by atoms with E-state index in [4.69, 9.17) is 0 Å². The maximum atomic E-state index is 3.94. The van der Waals surface area contributed by atoms with Crippen molar-refractivity contribution < 1.29 is 0 Å². The van der Waals surface area contributed by atoms with Gasteiger partial charge in [0, 0.05) is 18.8 Å². The van der Waals surface area contributed by atoms with Crippen LogP contribution in [0.25, 0.3) is 0 Å². The molecule has 1 aromatic rings. The van der Waals surface area contributed by atoms with E-state index in [1.807, 2.05) is 10.9 Å². The molecule has 0 saturated heterocycles. The van der Waals surface area contributed by atoms with Crippen LogP contribution >= 0.6 is 0 Å². The molecule has 1 aliphatic rings. The van der Waals surface area contributed by atoms with Crippen LogP contribution in [0.3, 0.4) is 0 Å². The molecule has 2 rings (SSSR count). The molecule has 0 aromatic carbocycles. The third-order valence-electron chi connectivity index (χ3n) is 3.21. The number of hydrogen-bond donors (Lipinski definition) is 1. The normalized spacial score (nSPS) is 24.5. The van der Waals surface area contributed by atoms with E-state index in [0.29, 0.717) is 11.5 Å². The van der Waals surface area contributed by atoms with Gasteiger partial charge in [-0.05, 0) is 24.7 Å². The summed E-state index contributed by atoms with van der Waals surface area (Å²) in [5.74, 6) is 0. The lowest BCUT2D eigenvalue weighted by atomic mass is 9.92. The van der Waals surface area contributed by atoms with Gasteiger partial charge in [-0.2, -0.15) is 0 Å². The maximum Gasteiger partial charge on any atom is 0.0692 e. The summed E-state index contributed by atoms with van der Waals surface area (Å²) in [6, 6.07) is 0.698. The summed E-state index contributed by atoms with van der Waals surface area (Å²) < 4.78 is 1.87. The van der Waals surface area contributed by atoms with Gasteiger partial charge < -0.3 is 5.32 Å². The standard InChI is InChI=1S/C11H20N4/c1-11(2)4-3-10(9-11)12-5-7-15-8-6-13-14-15/h6,8,10,12H,3-5,7,9H2,1-2H3. The van der Waals surface area contributed by atoms with E-state index in [9.17, 15) is 0 Å². The average Bonchev–Trinajstić information content (AvgIpc) is 2.76. The molecule has 1 N–H and O–H groups in total. The average molecular weight is 208 g/mol. The van der Waals surface area contributed by atoms with E-state index in [2.05, 4.69) is 29.5 Å². The Morgan fingerprint density at radius 3 is 3.00 bits per heavy atom. The Labute approximate surface area is 91.1 Å². The fourth-order valence-corrected chi connectivity index (χ4v) is 2.35. The lowest BCUT2D eigenvalue weighted by molar-refractivity contribution is 0.362. The molecule has 1 unspecified atom stereocenters. The summed E-state index contributed by atoms with van der Waals surface area (Å²) in [6.07, 6.45) is 7.57. The van der Waals surface area contributed by atoms with Gasteiger partial charge in [0.05, 0.1) is 12.7 Å². The highest BCUT2D eigenvalue weighted by molar-refractivity contribution is 4.86. The molecule has 0 bridgehead atoms. The summed E-state index contributed by atoms with van der Waals surface area (Å²) in [7, 11) is 0. The van der Waals surface area contributed by atoms with Crippen molar-refractivity contribution in [1.82, 2.24) is 20.3 Å². The van der Waals surface area contributed by atoms with Crippen molar-refractivity contribution in [3.8, 4) is 0 Å². The molecule has 1 aliphatic carbocycles. The van der Waals surface area contributed by atoms with Gasteiger partial charge in [0.15, 0.2) is 0 Å². The maximum absolute atomic E-state index is 3.94. The quantitative estimate of drug-likeness (QED) is 0.814. The van der Waals surface area contributed by atoms with Crippen LogP contribution in [0.5, 0.6) is 0 Å². The Morgan fingerprint density at radius 2 is 2.40 bits per heavy atom. The number of nitrogens with one attached hydrogen (secondary N) is 1. The van der Waals surface area contributed by atoms with Crippen molar-refractivity contribution in [3.05, 3.63) is 12.4 Å². The van der Waals surface area contributed by atoms with Crippen LogP contribution in [-0.4, -0.2) is 27.6 Å². The number of aromatic nitrogens is 3. The molecule has 1 saturated carbocycles. The number of nitrogens with zero attached hydrogens (tertiary/aromatic N) is 3. The topological polar surface area (TPSA) is 42.7 Å². The molecule has 15 heavy (non-hydrogen) atoms. The van der Waals surface area contributed by atoms with Crippen molar-refractivity contribution >= 4 is 0 Å². The van der Waals surface area contributed by atoms with Gasteiger partial charge in [-0.3, -0.25) is 4.68 Å². The Morgan fingerprint density at radius 1 is 1.53 bits per heavy atom. The van der Waals surface area contributed by atoms with Crippen molar-refractivity contribution in [2.24, 2.45) is 5.41 Å².